The van der Waals surface area contributed by atoms with E-state index in [0.717, 1.165) is 65.1 Å². The van der Waals surface area contributed by atoms with Crippen LogP contribution in [0.25, 0.3) is 22.8 Å². The summed E-state index contributed by atoms with van der Waals surface area (Å²) >= 11 is 0. The average molecular weight is 443 g/mol. The number of carbonyl (C=O) groups is 2. The molecule has 1 aliphatic carbocycles. The molecule has 0 bridgehead atoms. The summed E-state index contributed by atoms with van der Waals surface area (Å²) in [5, 5.41) is 12.2. The Morgan fingerprint density at radius 1 is 1.12 bits per heavy atom. The van der Waals surface area contributed by atoms with Gasteiger partial charge in [-0.1, -0.05) is 24.3 Å². The predicted molar refractivity (Wildman–Crippen MR) is 128 cm³/mol. The van der Waals surface area contributed by atoms with Crippen molar-refractivity contribution in [1.82, 2.24) is 4.98 Å². The van der Waals surface area contributed by atoms with E-state index in [1.165, 1.54) is 11.3 Å². The molecule has 1 aliphatic heterocycles. The van der Waals surface area contributed by atoms with Crippen LogP contribution in [0.3, 0.4) is 0 Å². The molecule has 0 saturated heterocycles. The second-order valence-electron chi connectivity index (χ2n) is 8.58. The van der Waals surface area contributed by atoms with Crippen LogP contribution in [-0.2, 0) is 28.9 Å². The van der Waals surface area contributed by atoms with Crippen LogP contribution in [0.4, 0.5) is 5.69 Å². The summed E-state index contributed by atoms with van der Waals surface area (Å²) in [6, 6.07) is 13.8. The van der Waals surface area contributed by atoms with Gasteiger partial charge in [0.05, 0.1) is 12.7 Å². The van der Waals surface area contributed by atoms with Gasteiger partial charge in [0, 0.05) is 29.1 Å². The van der Waals surface area contributed by atoms with Gasteiger partial charge in [0.1, 0.15) is 5.75 Å². The Morgan fingerprint density at radius 3 is 2.76 bits per heavy atom. The number of aromatic amines is 1. The Balaban J connectivity index is 1.53. The van der Waals surface area contributed by atoms with Crippen molar-refractivity contribution in [3.05, 3.63) is 70.5 Å². The number of carboxylic acid groups (broad SMARTS) is 1. The summed E-state index contributed by atoms with van der Waals surface area (Å²) < 4.78 is 5.33. The lowest BCUT2D eigenvalue weighted by Gasteiger charge is -2.12. The number of amides is 1. The molecule has 6 nitrogen and oxygen atoms in total. The minimum absolute atomic E-state index is 0.0765. The summed E-state index contributed by atoms with van der Waals surface area (Å²) in [6.07, 6.45) is 6.58. The summed E-state index contributed by atoms with van der Waals surface area (Å²) in [4.78, 5) is 27.6. The van der Waals surface area contributed by atoms with Crippen LogP contribution >= 0.6 is 0 Å². The van der Waals surface area contributed by atoms with Gasteiger partial charge in [-0.25, -0.2) is 0 Å². The Hall–Kier alpha value is -3.80. The van der Waals surface area contributed by atoms with Gasteiger partial charge in [-0.3, -0.25) is 9.59 Å². The van der Waals surface area contributed by atoms with E-state index in [-0.39, 0.29) is 12.3 Å². The maximum Gasteiger partial charge on any atom is 0.303 e. The first-order valence-electron chi connectivity index (χ1n) is 11.3. The predicted octanol–water partition coefficient (Wildman–Crippen LogP) is 5.08. The molecule has 3 N–H and O–H groups in total. The molecular formula is C27H26N2O4. The third kappa shape index (κ3) is 4.04. The van der Waals surface area contributed by atoms with Crippen molar-refractivity contribution in [2.45, 2.75) is 38.5 Å². The number of anilines is 1. The van der Waals surface area contributed by atoms with Gasteiger partial charge in [-0.05, 0) is 78.6 Å². The lowest BCUT2D eigenvalue weighted by Crippen LogP contribution is -2.05. The first-order valence-corrected chi connectivity index (χ1v) is 11.3. The molecule has 0 saturated carbocycles. The van der Waals surface area contributed by atoms with Gasteiger partial charge in [0.15, 0.2) is 0 Å². The second kappa shape index (κ2) is 8.62. The van der Waals surface area contributed by atoms with Crippen LogP contribution in [0.2, 0.25) is 0 Å². The van der Waals surface area contributed by atoms with E-state index in [4.69, 9.17) is 4.74 Å². The fraction of sp³-hybridized carbons (Fsp3) is 0.259. The number of hydrogen-bond acceptors (Lipinski definition) is 3. The zero-order valence-electron chi connectivity index (χ0n) is 18.5. The highest BCUT2D eigenvalue weighted by Gasteiger charge is 2.26. The van der Waals surface area contributed by atoms with Crippen molar-refractivity contribution >= 4 is 29.2 Å². The number of rotatable bonds is 6. The lowest BCUT2D eigenvalue weighted by molar-refractivity contribution is -0.137. The standard InChI is InChI=1S/C27H26N2O4/c1-33-18-6-4-5-16(13-18)17-9-10-21-22(27(32)29-24(21)14-17)15-25-20(11-12-26(30)31)19-7-2-3-8-23(19)28-25/h4-6,9-10,13-15,28H,2-3,7-8,11-12H2,1H3,(H,29,32)(H,30,31). The second-order valence-corrected chi connectivity index (χ2v) is 8.58. The number of hydrogen-bond donors (Lipinski definition) is 3. The van der Waals surface area contributed by atoms with E-state index in [1.54, 1.807) is 7.11 Å². The van der Waals surface area contributed by atoms with Gasteiger partial charge in [0.2, 0.25) is 0 Å². The number of carbonyl (C=O) groups excluding carboxylic acids is 1. The number of fused-ring (bicyclic) bond motifs is 2. The van der Waals surface area contributed by atoms with Gasteiger partial charge in [0.25, 0.3) is 5.91 Å². The molecule has 0 spiro atoms. The van der Waals surface area contributed by atoms with Crippen LogP contribution in [0.15, 0.2) is 42.5 Å². The van der Waals surface area contributed by atoms with Crippen LogP contribution in [0.1, 0.15) is 47.3 Å². The maximum absolute atomic E-state index is 12.9. The fourth-order valence-corrected chi connectivity index (χ4v) is 4.88. The van der Waals surface area contributed by atoms with Crippen LogP contribution < -0.4 is 10.1 Å². The van der Waals surface area contributed by atoms with Gasteiger partial charge < -0.3 is 20.1 Å². The number of aliphatic carboxylic acids is 1. The zero-order valence-corrected chi connectivity index (χ0v) is 18.5. The molecule has 2 aliphatic rings. The number of benzene rings is 2. The van der Waals surface area contributed by atoms with Gasteiger partial charge >= 0.3 is 5.97 Å². The first-order chi connectivity index (χ1) is 16.0. The number of methoxy groups -OCH3 is 1. The minimum Gasteiger partial charge on any atom is -0.497 e. The topological polar surface area (TPSA) is 91.4 Å². The molecule has 0 unspecified atom stereocenters. The fourth-order valence-electron chi connectivity index (χ4n) is 4.88. The van der Waals surface area contributed by atoms with Gasteiger partial charge in [-0.2, -0.15) is 0 Å². The highest BCUT2D eigenvalue weighted by Crippen LogP contribution is 2.38. The Morgan fingerprint density at radius 2 is 1.94 bits per heavy atom. The van der Waals surface area contributed by atoms with Crippen LogP contribution in [0, 0.1) is 0 Å². The number of carboxylic acids is 1. The number of ether oxygens (including phenoxy) is 1. The third-order valence-corrected chi connectivity index (χ3v) is 6.53. The number of H-pyrrole nitrogens is 1. The quantitative estimate of drug-likeness (QED) is 0.464. The molecule has 2 aromatic carbocycles. The van der Waals surface area contributed by atoms with Crippen LogP contribution in [-0.4, -0.2) is 29.1 Å². The van der Waals surface area contributed by atoms with Crippen molar-refractivity contribution < 1.29 is 19.4 Å². The molecule has 33 heavy (non-hydrogen) atoms. The molecule has 168 valence electrons. The summed E-state index contributed by atoms with van der Waals surface area (Å²) in [5.74, 6) is -0.180. The molecule has 1 aromatic heterocycles. The van der Waals surface area contributed by atoms with E-state index in [2.05, 4.69) is 10.3 Å². The van der Waals surface area contributed by atoms with Crippen molar-refractivity contribution in [1.29, 1.82) is 0 Å². The van der Waals surface area contributed by atoms with E-state index < -0.39 is 5.97 Å². The van der Waals surface area contributed by atoms with E-state index >= 15 is 0 Å². The molecular weight excluding hydrogens is 416 g/mol. The lowest BCUT2D eigenvalue weighted by atomic mass is 9.92. The SMILES string of the molecule is COc1cccc(-c2ccc3c(c2)NC(=O)C3=Cc2[nH]c3c(c2CCC(=O)O)CCCC3)c1. The van der Waals surface area contributed by atoms with Crippen molar-refractivity contribution in [2.24, 2.45) is 0 Å². The first kappa shape index (κ1) is 21.1. The van der Waals surface area contributed by atoms with Crippen molar-refractivity contribution in [3.63, 3.8) is 0 Å². The largest absolute Gasteiger partial charge is 0.497 e. The average Bonchev–Trinajstić information content (AvgIpc) is 3.33. The number of aromatic nitrogens is 1. The normalized spacial score (nSPS) is 15.8. The maximum atomic E-state index is 12.9. The Bertz CT molecular complexity index is 1290. The molecule has 6 heteroatoms. The molecule has 0 atom stereocenters. The number of nitrogens with one attached hydrogen (secondary N) is 2. The summed E-state index contributed by atoms with van der Waals surface area (Å²) in [5.41, 5.74) is 8.54. The smallest absolute Gasteiger partial charge is 0.303 e. The number of aryl methyl sites for hydroxylation is 1. The third-order valence-electron chi connectivity index (χ3n) is 6.53. The molecule has 0 fully saturated rings. The minimum atomic E-state index is -0.812. The van der Waals surface area contributed by atoms with E-state index in [9.17, 15) is 14.7 Å². The zero-order chi connectivity index (χ0) is 22.9. The summed E-state index contributed by atoms with van der Waals surface area (Å²) in [7, 11) is 1.64. The van der Waals surface area contributed by atoms with Crippen LogP contribution in [0.5, 0.6) is 5.75 Å². The Labute approximate surface area is 192 Å². The molecule has 2 heterocycles. The molecule has 0 radical (unpaired) electrons. The monoisotopic (exact) mass is 442 g/mol. The van der Waals surface area contributed by atoms with Crippen molar-refractivity contribution in [2.75, 3.05) is 12.4 Å². The van der Waals surface area contributed by atoms with Crippen molar-refractivity contribution in [3.8, 4) is 16.9 Å². The van der Waals surface area contributed by atoms with E-state index in [0.29, 0.717) is 12.0 Å². The Kier molecular flexibility index (Phi) is 5.50. The highest BCUT2D eigenvalue weighted by atomic mass is 16.5. The molecule has 5 rings (SSSR count). The summed E-state index contributed by atoms with van der Waals surface area (Å²) in [6.45, 7) is 0. The van der Waals surface area contributed by atoms with E-state index in [1.807, 2.05) is 48.5 Å². The van der Waals surface area contributed by atoms with Gasteiger partial charge in [-0.15, -0.1) is 0 Å². The highest BCUT2D eigenvalue weighted by molar-refractivity contribution is 6.35. The molecule has 3 aromatic rings. The molecule has 1 amide bonds.